The Bertz CT molecular complexity index is 1690. The van der Waals surface area contributed by atoms with E-state index >= 15 is 0 Å². The van der Waals surface area contributed by atoms with E-state index in [0.29, 0.717) is 41.0 Å². The van der Waals surface area contributed by atoms with Gasteiger partial charge in [0.05, 0.1) is 4.90 Å². The molecule has 4 rings (SSSR count). The zero-order chi connectivity index (χ0) is 30.3. The molecule has 216 valence electrons. The van der Waals surface area contributed by atoms with Crippen molar-refractivity contribution in [2.45, 2.75) is 30.7 Å². The van der Waals surface area contributed by atoms with Gasteiger partial charge in [0.25, 0.3) is 0 Å². The molecule has 1 atom stereocenters. The van der Waals surface area contributed by atoms with Crippen molar-refractivity contribution in [3.63, 3.8) is 0 Å². The van der Waals surface area contributed by atoms with E-state index in [4.69, 9.17) is 15.3 Å². The third-order valence-electron chi connectivity index (χ3n) is 6.56. The number of rotatable bonds is 9. The van der Waals surface area contributed by atoms with Gasteiger partial charge in [-0.25, -0.2) is 23.1 Å². The van der Waals surface area contributed by atoms with Gasteiger partial charge in [-0.1, -0.05) is 73.7 Å². The molecular formula is C31H30N4O6S. The van der Waals surface area contributed by atoms with Crippen molar-refractivity contribution < 1.29 is 27.9 Å². The summed E-state index contributed by atoms with van der Waals surface area (Å²) in [6.45, 7) is 1.88. The van der Waals surface area contributed by atoms with Crippen LogP contribution in [0.2, 0.25) is 0 Å². The minimum atomic E-state index is -3.95. The van der Waals surface area contributed by atoms with Gasteiger partial charge in [0.1, 0.15) is 11.6 Å². The van der Waals surface area contributed by atoms with Crippen molar-refractivity contribution in [2.24, 2.45) is 5.14 Å². The van der Waals surface area contributed by atoms with Crippen LogP contribution in [0.5, 0.6) is 5.75 Å². The normalized spacial score (nSPS) is 11.8. The van der Waals surface area contributed by atoms with Gasteiger partial charge in [0.15, 0.2) is 0 Å². The van der Waals surface area contributed by atoms with E-state index < -0.39 is 28.3 Å². The van der Waals surface area contributed by atoms with Crippen molar-refractivity contribution in [1.82, 2.24) is 5.32 Å². The highest BCUT2D eigenvalue weighted by molar-refractivity contribution is 7.89. The molecule has 0 aliphatic heterocycles. The predicted octanol–water partition coefficient (Wildman–Crippen LogP) is 5.62. The number of hydrogen-bond acceptors (Lipinski definition) is 6. The second kappa shape index (κ2) is 13.1. The van der Waals surface area contributed by atoms with E-state index in [1.165, 1.54) is 11.0 Å². The van der Waals surface area contributed by atoms with E-state index in [9.17, 15) is 23.1 Å². The largest absolute Gasteiger partial charge is 0.465 e. The quantitative estimate of drug-likeness (QED) is 0.147. The number of sulfonamides is 1. The number of anilines is 1. The van der Waals surface area contributed by atoms with Crippen LogP contribution in [0.3, 0.4) is 0 Å². The van der Waals surface area contributed by atoms with Crippen LogP contribution in [-0.2, 0) is 16.4 Å². The Hall–Kier alpha value is -5.00. The number of primary sulfonamides is 1. The number of hydrogen-bond donors (Lipinski definition) is 4. The molecular weight excluding hydrogens is 556 g/mol. The highest BCUT2D eigenvalue weighted by Crippen LogP contribution is 2.30. The molecule has 0 spiro atoms. The molecule has 5 N–H and O–H groups in total. The average Bonchev–Trinajstić information content (AvgIpc) is 2.97. The van der Waals surface area contributed by atoms with E-state index in [2.05, 4.69) is 5.32 Å². The molecule has 0 fully saturated rings. The Morgan fingerprint density at radius 1 is 0.952 bits per heavy atom. The first-order valence-electron chi connectivity index (χ1n) is 13.0. The third-order valence-corrected chi connectivity index (χ3v) is 7.53. The van der Waals surface area contributed by atoms with Gasteiger partial charge in [0.2, 0.25) is 10.0 Å². The van der Waals surface area contributed by atoms with Gasteiger partial charge in [-0.15, -0.1) is 0 Å². The fraction of sp³-hybridized carbons (Fsp3) is 0.129. The van der Waals surface area contributed by atoms with Gasteiger partial charge in [-0.05, 0) is 60.4 Å². The van der Waals surface area contributed by atoms with Crippen LogP contribution in [0.25, 0.3) is 11.1 Å². The van der Waals surface area contributed by atoms with Crippen LogP contribution >= 0.6 is 0 Å². The molecule has 0 radical (unpaired) electrons. The van der Waals surface area contributed by atoms with Gasteiger partial charge >= 0.3 is 12.2 Å². The molecule has 0 aliphatic rings. The maximum absolute atomic E-state index is 12.4. The molecule has 42 heavy (non-hydrogen) atoms. The molecule has 4 aromatic rings. The molecule has 0 aliphatic carbocycles. The summed E-state index contributed by atoms with van der Waals surface area (Å²) < 4.78 is 29.3. The number of benzene rings is 4. The van der Waals surface area contributed by atoms with Gasteiger partial charge in [-0.3, -0.25) is 15.6 Å². The van der Waals surface area contributed by atoms with Crippen LogP contribution in [-0.4, -0.2) is 37.6 Å². The Labute approximate surface area is 243 Å². The SMILES string of the molecule is CCC(Cc1cccc(C(=N)NC(=O)Oc2ccccc2)c1)N(C(=O)O)c1ccc(-c2ccccc2S(N)(=O)=O)cc1. The third kappa shape index (κ3) is 7.39. The second-order valence-corrected chi connectivity index (χ2v) is 10.9. The Morgan fingerprint density at radius 2 is 1.62 bits per heavy atom. The first-order valence-corrected chi connectivity index (χ1v) is 14.6. The Balaban J connectivity index is 1.51. The summed E-state index contributed by atoms with van der Waals surface area (Å²) in [5, 5.41) is 26.2. The number of carbonyl (C=O) groups excluding carboxylic acids is 1. The highest BCUT2D eigenvalue weighted by Gasteiger charge is 2.25. The molecule has 4 aromatic carbocycles. The Morgan fingerprint density at radius 3 is 2.26 bits per heavy atom. The van der Waals surface area contributed by atoms with Crippen molar-refractivity contribution in [3.8, 4) is 16.9 Å². The maximum Gasteiger partial charge on any atom is 0.418 e. The average molecular weight is 587 g/mol. The lowest BCUT2D eigenvalue weighted by Crippen LogP contribution is -2.40. The lowest BCUT2D eigenvalue weighted by atomic mass is 9.99. The molecule has 0 saturated carbocycles. The van der Waals surface area contributed by atoms with Crippen molar-refractivity contribution in [1.29, 1.82) is 5.41 Å². The summed E-state index contributed by atoms with van der Waals surface area (Å²) >= 11 is 0. The first kappa shape index (κ1) is 30.0. The number of amidine groups is 1. The summed E-state index contributed by atoms with van der Waals surface area (Å²) in [4.78, 5) is 25.9. The van der Waals surface area contributed by atoms with Crippen LogP contribution in [0, 0.1) is 5.41 Å². The number of amides is 2. The number of nitrogens with one attached hydrogen (secondary N) is 2. The molecule has 0 bridgehead atoms. The highest BCUT2D eigenvalue weighted by atomic mass is 32.2. The van der Waals surface area contributed by atoms with Gasteiger partial charge in [-0.2, -0.15) is 0 Å². The predicted molar refractivity (Wildman–Crippen MR) is 160 cm³/mol. The first-order chi connectivity index (χ1) is 20.1. The van der Waals surface area contributed by atoms with Crippen LogP contribution in [0.15, 0.2) is 108 Å². The molecule has 2 amide bonds. The van der Waals surface area contributed by atoms with Crippen molar-refractivity contribution in [3.05, 3.63) is 114 Å². The monoisotopic (exact) mass is 586 g/mol. The van der Waals surface area contributed by atoms with Crippen LogP contribution in [0.1, 0.15) is 24.5 Å². The number of nitrogens with zero attached hydrogens (tertiary/aromatic N) is 1. The van der Waals surface area contributed by atoms with E-state index in [0.717, 1.165) is 5.56 Å². The number of carboxylic acid groups (broad SMARTS) is 1. The minimum absolute atomic E-state index is 0.0208. The lowest BCUT2D eigenvalue weighted by Gasteiger charge is -2.29. The van der Waals surface area contributed by atoms with E-state index in [1.807, 2.05) is 13.0 Å². The molecule has 0 heterocycles. The topological polar surface area (TPSA) is 163 Å². The number of para-hydroxylation sites is 1. The zero-order valence-corrected chi connectivity index (χ0v) is 23.5. The molecule has 0 aromatic heterocycles. The van der Waals surface area contributed by atoms with Crippen molar-refractivity contribution >= 4 is 33.7 Å². The van der Waals surface area contributed by atoms with Crippen LogP contribution in [0.4, 0.5) is 15.3 Å². The van der Waals surface area contributed by atoms with Crippen molar-refractivity contribution in [2.75, 3.05) is 4.90 Å². The van der Waals surface area contributed by atoms with Gasteiger partial charge < -0.3 is 9.84 Å². The summed E-state index contributed by atoms with van der Waals surface area (Å²) in [5.74, 6) is 0.189. The zero-order valence-electron chi connectivity index (χ0n) is 22.7. The molecule has 1 unspecified atom stereocenters. The molecule has 10 nitrogen and oxygen atoms in total. The minimum Gasteiger partial charge on any atom is -0.465 e. The Kier molecular flexibility index (Phi) is 9.35. The van der Waals surface area contributed by atoms with E-state index in [1.54, 1.807) is 91.0 Å². The second-order valence-electron chi connectivity index (χ2n) is 9.41. The van der Waals surface area contributed by atoms with Gasteiger partial charge in [0, 0.05) is 22.9 Å². The fourth-order valence-electron chi connectivity index (χ4n) is 4.57. The van der Waals surface area contributed by atoms with Crippen LogP contribution < -0.4 is 20.1 Å². The number of nitrogens with two attached hydrogens (primary N) is 1. The maximum atomic E-state index is 12.4. The smallest absolute Gasteiger partial charge is 0.418 e. The summed E-state index contributed by atoms with van der Waals surface area (Å²) in [5.41, 5.74) is 2.62. The summed E-state index contributed by atoms with van der Waals surface area (Å²) in [6.07, 6.45) is -1.11. The number of carbonyl (C=O) groups is 2. The molecule has 11 heteroatoms. The fourth-order valence-corrected chi connectivity index (χ4v) is 5.33. The summed E-state index contributed by atoms with van der Waals surface area (Å²) in [7, 11) is -3.95. The standard InChI is InChI=1S/C31H30N4O6S/c1-2-24(20-21-9-8-10-23(19-21)29(32)34-30(36)41-26-11-4-3-5-12-26)35(31(37)38)25-17-15-22(16-18-25)27-13-6-7-14-28(27)42(33,39)40/h3-19,24H,2,20H2,1H3,(H,37,38)(H2,32,34,36)(H2,33,39,40). The van der Waals surface area contributed by atoms with E-state index in [-0.39, 0.29) is 10.7 Å². The lowest BCUT2D eigenvalue weighted by molar-refractivity contribution is 0.198. The summed E-state index contributed by atoms with van der Waals surface area (Å²) in [6, 6.07) is 27.9. The molecule has 0 saturated heterocycles. The number of ether oxygens (including phenoxy) is 1.